The summed E-state index contributed by atoms with van der Waals surface area (Å²) in [5, 5.41) is 5.63. The molecular formula is C14H19N3. The number of nitrogens with two attached hydrogens (primary N) is 1. The van der Waals surface area contributed by atoms with Gasteiger partial charge >= 0.3 is 0 Å². The number of nitrogen functional groups attached to an aromatic ring is 1. The van der Waals surface area contributed by atoms with Crippen LogP contribution in [0.15, 0.2) is 24.4 Å². The Bertz CT molecular complexity index is 521. The summed E-state index contributed by atoms with van der Waals surface area (Å²) in [6.45, 7) is 2.34. The molecule has 0 radical (unpaired) electrons. The molecule has 3 rings (SSSR count). The average Bonchev–Trinajstić information content (AvgIpc) is 2.75. The van der Waals surface area contributed by atoms with Gasteiger partial charge in [-0.2, -0.15) is 5.10 Å². The monoisotopic (exact) mass is 229 g/mol. The van der Waals surface area contributed by atoms with E-state index in [-0.39, 0.29) is 0 Å². The summed E-state index contributed by atoms with van der Waals surface area (Å²) in [4.78, 5) is 0. The first-order valence-electron chi connectivity index (χ1n) is 6.47. The Hall–Kier alpha value is -1.51. The largest absolute Gasteiger partial charge is 0.398 e. The summed E-state index contributed by atoms with van der Waals surface area (Å²) in [5.41, 5.74) is 7.98. The van der Waals surface area contributed by atoms with Crippen LogP contribution in [0, 0.1) is 5.92 Å². The molecule has 0 saturated heterocycles. The van der Waals surface area contributed by atoms with Crippen molar-refractivity contribution in [2.24, 2.45) is 5.92 Å². The topological polar surface area (TPSA) is 43.8 Å². The predicted octanol–water partition coefficient (Wildman–Crippen LogP) is 3.37. The Morgan fingerprint density at radius 1 is 1.24 bits per heavy atom. The van der Waals surface area contributed by atoms with Crippen molar-refractivity contribution in [2.75, 3.05) is 5.73 Å². The van der Waals surface area contributed by atoms with Gasteiger partial charge in [-0.1, -0.05) is 13.0 Å². The molecule has 3 heteroatoms. The van der Waals surface area contributed by atoms with Crippen LogP contribution in [-0.2, 0) is 0 Å². The highest BCUT2D eigenvalue weighted by atomic mass is 15.3. The van der Waals surface area contributed by atoms with Crippen LogP contribution in [0.1, 0.15) is 38.6 Å². The second kappa shape index (κ2) is 4.06. The molecule has 0 atom stereocenters. The maximum atomic E-state index is 5.97. The Labute approximate surface area is 102 Å². The van der Waals surface area contributed by atoms with Gasteiger partial charge in [-0.05, 0) is 43.7 Å². The maximum absolute atomic E-state index is 5.97. The lowest BCUT2D eigenvalue weighted by Crippen LogP contribution is -2.17. The highest BCUT2D eigenvalue weighted by Crippen LogP contribution is 2.34. The van der Waals surface area contributed by atoms with Crippen molar-refractivity contribution < 1.29 is 0 Å². The van der Waals surface area contributed by atoms with E-state index in [1.54, 1.807) is 0 Å². The van der Waals surface area contributed by atoms with E-state index in [0.29, 0.717) is 6.04 Å². The number of anilines is 1. The fraction of sp³-hybridized carbons (Fsp3) is 0.500. The molecule has 1 aliphatic rings. The lowest BCUT2D eigenvalue weighted by Gasteiger charge is -2.26. The molecule has 1 saturated carbocycles. The van der Waals surface area contributed by atoms with Gasteiger partial charge in [0.05, 0.1) is 17.8 Å². The number of aromatic nitrogens is 2. The number of hydrogen-bond donors (Lipinski definition) is 1. The first kappa shape index (κ1) is 10.6. The summed E-state index contributed by atoms with van der Waals surface area (Å²) >= 11 is 0. The number of rotatable bonds is 1. The van der Waals surface area contributed by atoms with Crippen LogP contribution < -0.4 is 5.73 Å². The minimum atomic E-state index is 0.561. The zero-order valence-corrected chi connectivity index (χ0v) is 10.3. The molecule has 1 aliphatic carbocycles. The lowest BCUT2D eigenvalue weighted by atomic mass is 9.87. The van der Waals surface area contributed by atoms with Crippen LogP contribution >= 0.6 is 0 Å². The highest BCUT2D eigenvalue weighted by Gasteiger charge is 2.21. The summed E-state index contributed by atoms with van der Waals surface area (Å²) < 4.78 is 2.18. The normalized spacial score (nSPS) is 25.2. The van der Waals surface area contributed by atoms with Gasteiger partial charge in [-0.3, -0.25) is 4.68 Å². The zero-order chi connectivity index (χ0) is 11.8. The van der Waals surface area contributed by atoms with E-state index in [0.717, 1.165) is 17.0 Å². The minimum absolute atomic E-state index is 0.561. The van der Waals surface area contributed by atoms with Gasteiger partial charge in [0.1, 0.15) is 0 Å². The molecule has 0 aliphatic heterocycles. The first-order chi connectivity index (χ1) is 8.25. The van der Waals surface area contributed by atoms with Crippen molar-refractivity contribution in [1.82, 2.24) is 9.78 Å². The van der Waals surface area contributed by atoms with Crippen LogP contribution in [0.5, 0.6) is 0 Å². The fourth-order valence-corrected chi connectivity index (χ4v) is 2.87. The van der Waals surface area contributed by atoms with Crippen molar-refractivity contribution in [1.29, 1.82) is 0 Å². The van der Waals surface area contributed by atoms with Crippen molar-refractivity contribution in [3.8, 4) is 0 Å². The van der Waals surface area contributed by atoms with Crippen LogP contribution in [0.2, 0.25) is 0 Å². The molecule has 1 fully saturated rings. The Morgan fingerprint density at radius 3 is 2.76 bits per heavy atom. The van der Waals surface area contributed by atoms with Gasteiger partial charge < -0.3 is 5.73 Å². The van der Waals surface area contributed by atoms with Crippen molar-refractivity contribution in [3.05, 3.63) is 24.4 Å². The molecule has 2 aromatic rings. The molecule has 1 aromatic carbocycles. The van der Waals surface area contributed by atoms with Crippen LogP contribution in [0.3, 0.4) is 0 Å². The molecule has 3 nitrogen and oxygen atoms in total. The van der Waals surface area contributed by atoms with Crippen LogP contribution in [0.25, 0.3) is 10.9 Å². The number of hydrogen-bond acceptors (Lipinski definition) is 2. The van der Waals surface area contributed by atoms with E-state index in [2.05, 4.69) is 22.8 Å². The Kier molecular flexibility index (Phi) is 2.54. The molecular weight excluding hydrogens is 210 g/mol. The van der Waals surface area contributed by atoms with Crippen molar-refractivity contribution >= 4 is 16.6 Å². The van der Waals surface area contributed by atoms with E-state index in [1.807, 2.05) is 18.3 Å². The molecule has 0 spiro atoms. The highest BCUT2D eigenvalue weighted by molar-refractivity contribution is 5.90. The van der Waals surface area contributed by atoms with Gasteiger partial charge in [-0.15, -0.1) is 0 Å². The molecule has 2 N–H and O–H groups in total. The van der Waals surface area contributed by atoms with Crippen molar-refractivity contribution in [2.45, 2.75) is 38.6 Å². The molecule has 90 valence electrons. The molecule has 1 aromatic heterocycles. The second-order valence-electron chi connectivity index (χ2n) is 5.28. The minimum Gasteiger partial charge on any atom is -0.398 e. The standard InChI is InChI=1S/C14H19N3/c1-10-5-7-11(8-6-10)17-14-4-2-3-13(15)12(14)9-16-17/h2-4,9-11H,5-8,15H2,1H3. The van der Waals surface area contributed by atoms with E-state index in [9.17, 15) is 0 Å². The van der Waals surface area contributed by atoms with Gasteiger partial charge in [-0.25, -0.2) is 0 Å². The summed E-state index contributed by atoms with van der Waals surface area (Å²) in [6.07, 6.45) is 7.02. The van der Waals surface area contributed by atoms with E-state index < -0.39 is 0 Å². The molecule has 17 heavy (non-hydrogen) atoms. The predicted molar refractivity (Wildman–Crippen MR) is 70.8 cm³/mol. The number of fused-ring (bicyclic) bond motifs is 1. The lowest BCUT2D eigenvalue weighted by molar-refractivity contribution is 0.279. The van der Waals surface area contributed by atoms with Crippen LogP contribution in [-0.4, -0.2) is 9.78 Å². The third-order valence-electron chi connectivity index (χ3n) is 4.01. The second-order valence-corrected chi connectivity index (χ2v) is 5.28. The number of benzene rings is 1. The third-order valence-corrected chi connectivity index (χ3v) is 4.01. The molecule has 0 unspecified atom stereocenters. The van der Waals surface area contributed by atoms with Gasteiger partial charge in [0, 0.05) is 11.1 Å². The molecule has 0 amide bonds. The van der Waals surface area contributed by atoms with E-state index >= 15 is 0 Å². The first-order valence-corrected chi connectivity index (χ1v) is 6.47. The Morgan fingerprint density at radius 2 is 2.00 bits per heavy atom. The van der Waals surface area contributed by atoms with Crippen LogP contribution in [0.4, 0.5) is 5.69 Å². The smallest absolute Gasteiger partial charge is 0.0706 e. The summed E-state index contributed by atoms with van der Waals surface area (Å²) in [7, 11) is 0. The van der Waals surface area contributed by atoms with E-state index in [4.69, 9.17) is 5.73 Å². The Balaban J connectivity index is 1.98. The van der Waals surface area contributed by atoms with Gasteiger partial charge in [0.2, 0.25) is 0 Å². The average molecular weight is 229 g/mol. The van der Waals surface area contributed by atoms with E-state index in [1.165, 1.54) is 31.2 Å². The molecule has 0 bridgehead atoms. The van der Waals surface area contributed by atoms with Gasteiger partial charge in [0.15, 0.2) is 0 Å². The van der Waals surface area contributed by atoms with Gasteiger partial charge in [0.25, 0.3) is 0 Å². The number of nitrogens with zero attached hydrogens (tertiary/aromatic N) is 2. The molecule has 1 heterocycles. The fourth-order valence-electron chi connectivity index (χ4n) is 2.87. The quantitative estimate of drug-likeness (QED) is 0.762. The summed E-state index contributed by atoms with van der Waals surface area (Å²) in [5.74, 6) is 0.873. The third kappa shape index (κ3) is 1.79. The zero-order valence-electron chi connectivity index (χ0n) is 10.3. The SMILES string of the molecule is CC1CCC(n2ncc3c(N)cccc32)CC1. The maximum Gasteiger partial charge on any atom is 0.0706 e. The van der Waals surface area contributed by atoms with Crippen molar-refractivity contribution in [3.63, 3.8) is 0 Å². The summed E-state index contributed by atoms with van der Waals surface area (Å²) in [6, 6.07) is 6.64.